The third-order valence-corrected chi connectivity index (χ3v) is 4.06. The number of thioether (sulfide) groups is 1. The van der Waals surface area contributed by atoms with Crippen LogP contribution >= 0.6 is 11.8 Å². The highest BCUT2D eigenvalue weighted by Gasteiger charge is 2.23. The summed E-state index contributed by atoms with van der Waals surface area (Å²) in [6.07, 6.45) is 7.10. The molecule has 0 saturated carbocycles. The molecule has 94 valence electrons. The minimum absolute atomic E-state index is 0.116. The summed E-state index contributed by atoms with van der Waals surface area (Å²) >= 11 is 1.44. The van der Waals surface area contributed by atoms with Gasteiger partial charge in [-0.3, -0.25) is 9.69 Å². The molecule has 2 aliphatic heterocycles. The van der Waals surface area contributed by atoms with Crippen LogP contribution in [0.3, 0.4) is 0 Å². The van der Waals surface area contributed by atoms with Crippen molar-refractivity contribution in [2.75, 3.05) is 11.4 Å². The van der Waals surface area contributed by atoms with Crippen LogP contribution in [-0.2, 0) is 11.2 Å². The molecule has 6 heteroatoms. The van der Waals surface area contributed by atoms with Gasteiger partial charge in [-0.25, -0.2) is 9.97 Å². The average Bonchev–Trinajstić information content (AvgIpc) is 2.38. The molecule has 0 aliphatic carbocycles. The Morgan fingerprint density at radius 2 is 2.28 bits per heavy atom. The Kier molecular flexibility index (Phi) is 2.95. The zero-order valence-corrected chi connectivity index (χ0v) is 10.7. The number of aromatic nitrogens is 2. The lowest BCUT2D eigenvalue weighted by Gasteiger charge is -2.25. The van der Waals surface area contributed by atoms with Crippen molar-refractivity contribution in [1.82, 2.24) is 9.97 Å². The standard InChI is InChI=1S/C12H14N4OS/c13-9-5-4-8-7-14-12(15-11(8)18-9)16-6-2-1-3-10(16)17/h5,7H,1-4,6,13H2. The van der Waals surface area contributed by atoms with E-state index in [4.69, 9.17) is 5.73 Å². The van der Waals surface area contributed by atoms with Crippen molar-refractivity contribution in [1.29, 1.82) is 0 Å². The van der Waals surface area contributed by atoms with Crippen LogP contribution < -0.4 is 10.6 Å². The second kappa shape index (κ2) is 4.61. The molecule has 0 atom stereocenters. The third-order valence-electron chi connectivity index (χ3n) is 3.11. The summed E-state index contributed by atoms with van der Waals surface area (Å²) in [5, 5.41) is 1.63. The van der Waals surface area contributed by atoms with E-state index >= 15 is 0 Å². The van der Waals surface area contributed by atoms with E-state index in [0.29, 0.717) is 18.9 Å². The first-order chi connectivity index (χ1) is 8.74. The van der Waals surface area contributed by atoms with Crippen LogP contribution in [0.4, 0.5) is 5.95 Å². The van der Waals surface area contributed by atoms with Gasteiger partial charge in [0.25, 0.3) is 0 Å². The molecule has 1 saturated heterocycles. The van der Waals surface area contributed by atoms with Crippen molar-refractivity contribution in [3.05, 3.63) is 22.9 Å². The molecule has 0 aromatic carbocycles. The van der Waals surface area contributed by atoms with Gasteiger partial charge in [0, 0.05) is 24.7 Å². The number of hydrogen-bond donors (Lipinski definition) is 1. The van der Waals surface area contributed by atoms with E-state index in [2.05, 4.69) is 9.97 Å². The zero-order valence-electron chi connectivity index (χ0n) is 9.93. The van der Waals surface area contributed by atoms with Crippen molar-refractivity contribution in [3.8, 4) is 0 Å². The average molecular weight is 262 g/mol. The van der Waals surface area contributed by atoms with Crippen molar-refractivity contribution in [3.63, 3.8) is 0 Å². The first kappa shape index (κ1) is 11.5. The van der Waals surface area contributed by atoms with Crippen molar-refractivity contribution < 1.29 is 4.79 Å². The van der Waals surface area contributed by atoms with Gasteiger partial charge in [0.15, 0.2) is 0 Å². The van der Waals surface area contributed by atoms with E-state index in [9.17, 15) is 4.79 Å². The number of hydrogen-bond acceptors (Lipinski definition) is 5. The zero-order chi connectivity index (χ0) is 12.5. The van der Waals surface area contributed by atoms with Crippen LogP contribution in [0.5, 0.6) is 0 Å². The highest BCUT2D eigenvalue weighted by atomic mass is 32.2. The van der Waals surface area contributed by atoms with Crippen LogP contribution in [0.25, 0.3) is 0 Å². The molecule has 3 heterocycles. The summed E-state index contributed by atoms with van der Waals surface area (Å²) in [6, 6.07) is 0. The minimum atomic E-state index is 0.116. The Labute approximate surface area is 109 Å². The van der Waals surface area contributed by atoms with Gasteiger partial charge in [0.05, 0.1) is 5.03 Å². The fourth-order valence-corrected chi connectivity index (χ4v) is 2.91. The molecule has 1 aromatic heterocycles. The lowest BCUT2D eigenvalue weighted by molar-refractivity contribution is -0.119. The van der Waals surface area contributed by atoms with Gasteiger partial charge < -0.3 is 5.73 Å². The van der Waals surface area contributed by atoms with Crippen LogP contribution in [-0.4, -0.2) is 22.4 Å². The molecular weight excluding hydrogens is 248 g/mol. The molecule has 0 unspecified atom stereocenters. The summed E-state index contributed by atoms with van der Waals surface area (Å²) in [5.74, 6) is 0.631. The predicted molar refractivity (Wildman–Crippen MR) is 70.1 cm³/mol. The highest BCUT2D eigenvalue weighted by molar-refractivity contribution is 8.03. The number of allylic oxidation sites excluding steroid dienone is 1. The summed E-state index contributed by atoms with van der Waals surface area (Å²) in [4.78, 5) is 22.3. The smallest absolute Gasteiger partial charge is 0.233 e. The fraction of sp³-hybridized carbons (Fsp3) is 0.417. The van der Waals surface area contributed by atoms with Gasteiger partial charge in [-0.1, -0.05) is 11.8 Å². The second-order valence-corrected chi connectivity index (χ2v) is 5.48. The van der Waals surface area contributed by atoms with E-state index < -0.39 is 0 Å². The Balaban J connectivity index is 1.90. The lowest BCUT2D eigenvalue weighted by Crippen LogP contribution is -2.36. The van der Waals surface area contributed by atoms with Gasteiger partial charge >= 0.3 is 0 Å². The summed E-state index contributed by atoms with van der Waals surface area (Å²) < 4.78 is 0. The molecule has 1 amide bonds. The Morgan fingerprint density at radius 3 is 3.11 bits per heavy atom. The highest BCUT2D eigenvalue weighted by Crippen LogP contribution is 2.31. The number of anilines is 1. The van der Waals surface area contributed by atoms with E-state index in [-0.39, 0.29) is 5.91 Å². The summed E-state index contributed by atoms with van der Waals surface area (Å²) in [7, 11) is 0. The Hall–Kier alpha value is -1.56. The quantitative estimate of drug-likeness (QED) is 0.775. The molecule has 0 spiro atoms. The number of fused-ring (bicyclic) bond motifs is 1. The van der Waals surface area contributed by atoms with Crippen molar-refractivity contribution >= 4 is 23.6 Å². The Bertz CT molecular complexity index is 529. The second-order valence-electron chi connectivity index (χ2n) is 4.42. The Morgan fingerprint density at radius 1 is 1.39 bits per heavy atom. The minimum Gasteiger partial charge on any atom is -0.393 e. The monoisotopic (exact) mass is 262 g/mol. The first-order valence-electron chi connectivity index (χ1n) is 6.04. The molecule has 2 aliphatic rings. The number of piperidine rings is 1. The molecule has 3 rings (SSSR count). The third kappa shape index (κ3) is 2.08. The van der Waals surface area contributed by atoms with E-state index in [0.717, 1.165) is 34.9 Å². The van der Waals surface area contributed by atoms with E-state index in [1.165, 1.54) is 11.8 Å². The van der Waals surface area contributed by atoms with Gasteiger partial charge in [-0.2, -0.15) is 0 Å². The molecule has 5 nitrogen and oxygen atoms in total. The van der Waals surface area contributed by atoms with Crippen LogP contribution in [0.15, 0.2) is 22.3 Å². The first-order valence-corrected chi connectivity index (χ1v) is 6.85. The number of nitrogens with two attached hydrogens (primary N) is 1. The van der Waals surface area contributed by atoms with Gasteiger partial charge in [-0.15, -0.1) is 0 Å². The predicted octanol–water partition coefficient (Wildman–Crippen LogP) is 1.44. The maximum atomic E-state index is 11.8. The molecule has 1 fully saturated rings. The molecule has 0 bridgehead atoms. The SMILES string of the molecule is NC1=CCc2cnc(N3CCCCC3=O)nc2S1. The molecule has 1 aromatic rings. The van der Waals surface area contributed by atoms with Crippen LogP contribution in [0, 0.1) is 0 Å². The summed E-state index contributed by atoms with van der Waals surface area (Å²) in [6.45, 7) is 0.716. The number of carbonyl (C=O) groups excluding carboxylic acids is 1. The largest absolute Gasteiger partial charge is 0.393 e. The van der Waals surface area contributed by atoms with Crippen LogP contribution in [0.2, 0.25) is 0 Å². The van der Waals surface area contributed by atoms with E-state index in [1.54, 1.807) is 11.1 Å². The van der Waals surface area contributed by atoms with Gasteiger partial charge in [0.1, 0.15) is 5.03 Å². The maximum Gasteiger partial charge on any atom is 0.233 e. The van der Waals surface area contributed by atoms with Crippen LogP contribution in [0.1, 0.15) is 24.8 Å². The van der Waals surface area contributed by atoms with Crippen molar-refractivity contribution in [2.45, 2.75) is 30.7 Å². The topological polar surface area (TPSA) is 72.1 Å². The lowest BCUT2D eigenvalue weighted by atomic mass is 10.1. The number of carbonyl (C=O) groups is 1. The number of rotatable bonds is 1. The van der Waals surface area contributed by atoms with Crippen molar-refractivity contribution in [2.24, 2.45) is 5.73 Å². The molecule has 18 heavy (non-hydrogen) atoms. The number of amides is 1. The fourth-order valence-electron chi connectivity index (χ4n) is 2.12. The molecule has 0 radical (unpaired) electrons. The van der Waals surface area contributed by atoms with Gasteiger partial charge in [-0.05, 0) is 25.3 Å². The summed E-state index contributed by atoms with van der Waals surface area (Å²) in [5.41, 5.74) is 6.86. The number of nitrogens with zero attached hydrogens (tertiary/aromatic N) is 3. The van der Waals surface area contributed by atoms with E-state index in [1.807, 2.05) is 6.08 Å². The molecular formula is C12H14N4OS. The normalized spacial score (nSPS) is 19.4. The van der Waals surface area contributed by atoms with Gasteiger partial charge in [0.2, 0.25) is 11.9 Å². The molecule has 2 N–H and O–H groups in total. The maximum absolute atomic E-state index is 11.8.